The minimum atomic E-state index is 0.290. The Morgan fingerprint density at radius 3 is 2.80 bits per heavy atom. The van der Waals surface area contributed by atoms with Crippen molar-refractivity contribution >= 4 is 11.8 Å². The van der Waals surface area contributed by atoms with Crippen LogP contribution in [0.3, 0.4) is 0 Å². The molecule has 20 heavy (non-hydrogen) atoms. The molecule has 1 aliphatic rings. The highest BCUT2D eigenvalue weighted by atomic mass is 15.3. The molecule has 0 radical (unpaired) electrons. The first-order chi connectivity index (χ1) is 9.67. The van der Waals surface area contributed by atoms with Gasteiger partial charge in [0.05, 0.1) is 0 Å². The molecule has 1 atom stereocenters. The standard InChI is InChI=1S/C13H19N7/c1-9-16-4-6-20(9)12-7-11(17-13(14)18-12)19-5-3-10(8-19)15-2/h4,6-7,10,15H,3,5,8H2,1-2H3,(H2,14,17,18)/t10-/m1/s1. The zero-order valence-electron chi connectivity index (χ0n) is 11.7. The van der Waals surface area contributed by atoms with Gasteiger partial charge in [-0.25, -0.2) is 4.98 Å². The summed E-state index contributed by atoms with van der Waals surface area (Å²) in [6, 6.07) is 2.47. The molecular formula is C13H19N7. The molecule has 1 aliphatic heterocycles. The number of hydrogen-bond acceptors (Lipinski definition) is 6. The topological polar surface area (TPSA) is 84.9 Å². The average Bonchev–Trinajstić information content (AvgIpc) is 3.06. The van der Waals surface area contributed by atoms with Crippen molar-refractivity contribution in [1.29, 1.82) is 0 Å². The Morgan fingerprint density at radius 1 is 1.35 bits per heavy atom. The average molecular weight is 273 g/mol. The van der Waals surface area contributed by atoms with E-state index in [1.54, 1.807) is 6.20 Å². The second-order valence-corrected chi connectivity index (χ2v) is 5.01. The summed E-state index contributed by atoms with van der Waals surface area (Å²) in [4.78, 5) is 15.1. The molecule has 3 heterocycles. The molecule has 0 amide bonds. The SMILES string of the molecule is CN[C@@H]1CCN(c2cc(-n3ccnc3C)nc(N)n2)C1. The van der Waals surface area contributed by atoms with Crippen LogP contribution in [0.25, 0.3) is 5.82 Å². The Bertz CT molecular complexity index is 607. The lowest BCUT2D eigenvalue weighted by atomic mass is 10.3. The van der Waals surface area contributed by atoms with Gasteiger partial charge in [-0.15, -0.1) is 0 Å². The van der Waals surface area contributed by atoms with E-state index in [1.807, 2.05) is 30.8 Å². The van der Waals surface area contributed by atoms with Crippen LogP contribution in [0.15, 0.2) is 18.5 Å². The lowest BCUT2D eigenvalue weighted by Gasteiger charge is -2.18. The van der Waals surface area contributed by atoms with Crippen LogP contribution in [0.2, 0.25) is 0 Å². The van der Waals surface area contributed by atoms with Crippen molar-refractivity contribution in [2.24, 2.45) is 0 Å². The number of nitrogens with one attached hydrogen (secondary N) is 1. The van der Waals surface area contributed by atoms with E-state index < -0.39 is 0 Å². The lowest BCUT2D eigenvalue weighted by Crippen LogP contribution is -2.30. The van der Waals surface area contributed by atoms with Crippen molar-refractivity contribution in [2.75, 3.05) is 30.8 Å². The summed E-state index contributed by atoms with van der Waals surface area (Å²) in [6.07, 6.45) is 4.74. The lowest BCUT2D eigenvalue weighted by molar-refractivity contribution is 0.616. The number of imidazole rings is 1. The zero-order chi connectivity index (χ0) is 14.1. The number of likely N-dealkylation sites (N-methyl/N-ethyl adjacent to an activating group) is 1. The maximum absolute atomic E-state index is 5.85. The highest BCUT2D eigenvalue weighted by Gasteiger charge is 2.23. The van der Waals surface area contributed by atoms with Crippen LogP contribution < -0.4 is 16.0 Å². The predicted octanol–water partition coefficient (Wildman–Crippen LogP) is 0.351. The molecule has 2 aromatic heterocycles. The number of nitrogen functional groups attached to an aromatic ring is 1. The summed E-state index contributed by atoms with van der Waals surface area (Å²) < 4.78 is 1.91. The Balaban J connectivity index is 1.93. The predicted molar refractivity (Wildman–Crippen MR) is 78.0 cm³/mol. The van der Waals surface area contributed by atoms with Crippen molar-refractivity contribution in [3.05, 3.63) is 24.3 Å². The molecule has 0 saturated carbocycles. The summed E-state index contributed by atoms with van der Waals surface area (Å²) in [5, 5.41) is 3.30. The van der Waals surface area contributed by atoms with E-state index in [2.05, 4.69) is 25.2 Å². The third-order valence-corrected chi connectivity index (χ3v) is 3.71. The summed E-state index contributed by atoms with van der Waals surface area (Å²) in [5.41, 5.74) is 5.85. The van der Waals surface area contributed by atoms with Crippen LogP contribution in [0.1, 0.15) is 12.2 Å². The van der Waals surface area contributed by atoms with Gasteiger partial charge in [0.25, 0.3) is 0 Å². The molecule has 0 bridgehead atoms. The van der Waals surface area contributed by atoms with E-state index in [0.717, 1.165) is 37.0 Å². The van der Waals surface area contributed by atoms with Crippen LogP contribution >= 0.6 is 0 Å². The number of aryl methyl sites for hydroxylation is 1. The fraction of sp³-hybridized carbons (Fsp3) is 0.462. The van der Waals surface area contributed by atoms with Gasteiger partial charge in [-0.2, -0.15) is 9.97 Å². The van der Waals surface area contributed by atoms with Gasteiger partial charge >= 0.3 is 0 Å². The number of hydrogen-bond donors (Lipinski definition) is 2. The number of rotatable bonds is 3. The van der Waals surface area contributed by atoms with Crippen molar-refractivity contribution < 1.29 is 0 Å². The van der Waals surface area contributed by atoms with Gasteiger partial charge < -0.3 is 16.0 Å². The molecule has 7 nitrogen and oxygen atoms in total. The molecule has 0 aromatic carbocycles. The molecule has 1 fully saturated rings. The van der Waals surface area contributed by atoms with Crippen LogP contribution in [0.4, 0.5) is 11.8 Å². The molecule has 0 spiro atoms. The summed E-state index contributed by atoms with van der Waals surface area (Å²) in [7, 11) is 1.99. The van der Waals surface area contributed by atoms with Gasteiger partial charge in [-0.05, 0) is 20.4 Å². The smallest absolute Gasteiger partial charge is 0.223 e. The molecule has 3 rings (SSSR count). The number of anilines is 2. The first kappa shape index (κ1) is 12.9. The third kappa shape index (κ3) is 2.32. The minimum Gasteiger partial charge on any atom is -0.368 e. The normalized spacial score (nSPS) is 18.7. The van der Waals surface area contributed by atoms with Gasteiger partial charge in [-0.3, -0.25) is 4.57 Å². The number of aromatic nitrogens is 4. The van der Waals surface area contributed by atoms with E-state index in [4.69, 9.17) is 5.73 Å². The fourth-order valence-electron chi connectivity index (χ4n) is 2.55. The van der Waals surface area contributed by atoms with Gasteiger partial charge in [0, 0.05) is 37.6 Å². The molecular weight excluding hydrogens is 254 g/mol. The van der Waals surface area contributed by atoms with Crippen LogP contribution in [-0.2, 0) is 0 Å². The van der Waals surface area contributed by atoms with Gasteiger partial charge in [0.1, 0.15) is 17.5 Å². The highest BCUT2D eigenvalue weighted by molar-refractivity contribution is 5.49. The second kappa shape index (κ2) is 5.09. The van der Waals surface area contributed by atoms with Gasteiger partial charge in [-0.1, -0.05) is 0 Å². The van der Waals surface area contributed by atoms with E-state index in [0.29, 0.717) is 12.0 Å². The van der Waals surface area contributed by atoms with Gasteiger partial charge in [0.15, 0.2) is 0 Å². The maximum atomic E-state index is 5.85. The van der Waals surface area contributed by atoms with E-state index >= 15 is 0 Å². The van der Waals surface area contributed by atoms with Crippen LogP contribution in [0, 0.1) is 6.92 Å². The van der Waals surface area contributed by atoms with Crippen molar-refractivity contribution in [1.82, 2.24) is 24.8 Å². The molecule has 0 unspecified atom stereocenters. The van der Waals surface area contributed by atoms with Gasteiger partial charge in [0.2, 0.25) is 5.95 Å². The molecule has 2 aromatic rings. The highest BCUT2D eigenvalue weighted by Crippen LogP contribution is 2.21. The first-order valence-corrected chi connectivity index (χ1v) is 6.74. The molecule has 0 aliphatic carbocycles. The molecule has 7 heteroatoms. The summed E-state index contributed by atoms with van der Waals surface area (Å²) in [6.45, 7) is 3.85. The molecule has 106 valence electrons. The van der Waals surface area contributed by atoms with Crippen molar-refractivity contribution in [3.63, 3.8) is 0 Å². The molecule has 1 saturated heterocycles. The largest absolute Gasteiger partial charge is 0.368 e. The zero-order valence-corrected chi connectivity index (χ0v) is 11.7. The minimum absolute atomic E-state index is 0.290. The van der Waals surface area contributed by atoms with E-state index in [1.165, 1.54) is 0 Å². The molecule has 3 N–H and O–H groups in total. The van der Waals surface area contributed by atoms with Crippen LogP contribution in [0.5, 0.6) is 0 Å². The second-order valence-electron chi connectivity index (χ2n) is 5.01. The Hall–Kier alpha value is -2.15. The van der Waals surface area contributed by atoms with Crippen molar-refractivity contribution in [3.8, 4) is 5.82 Å². The Labute approximate surface area is 117 Å². The Kier molecular flexibility index (Phi) is 3.27. The summed E-state index contributed by atoms with van der Waals surface area (Å²) >= 11 is 0. The summed E-state index contributed by atoms with van der Waals surface area (Å²) in [5.74, 6) is 2.80. The monoisotopic (exact) mass is 273 g/mol. The van der Waals surface area contributed by atoms with Crippen molar-refractivity contribution in [2.45, 2.75) is 19.4 Å². The third-order valence-electron chi connectivity index (χ3n) is 3.71. The fourth-order valence-corrected chi connectivity index (χ4v) is 2.55. The van der Waals surface area contributed by atoms with Crippen LogP contribution in [-0.4, -0.2) is 45.7 Å². The maximum Gasteiger partial charge on any atom is 0.223 e. The first-order valence-electron chi connectivity index (χ1n) is 6.74. The Morgan fingerprint density at radius 2 is 2.15 bits per heavy atom. The van der Waals surface area contributed by atoms with E-state index in [9.17, 15) is 0 Å². The quantitative estimate of drug-likeness (QED) is 0.839. The van der Waals surface area contributed by atoms with E-state index in [-0.39, 0.29) is 0 Å². The number of nitrogens with two attached hydrogens (primary N) is 1. The number of nitrogens with zero attached hydrogens (tertiary/aromatic N) is 5.